The summed E-state index contributed by atoms with van der Waals surface area (Å²) in [5.74, 6) is -0.175. The molecular weight excluding hydrogens is 183 g/mol. The minimum atomic E-state index is -0.438. The monoisotopic (exact) mass is 190 g/mol. The molecular formula is C9H7FN4. The molecule has 0 aromatic carbocycles. The van der Waals surface area contributed by atoms with E-state index in [1.165, 1.54) is 24.7 Å². The van der Waals surface area contributed by atoms with Crippen LogP contribution in [0.15, 0.2) is 30.9 Å². The summed E-state index contributed by atoms with van der Waals surface area (Å²) in [5, 5.41) is 0. The average molecular weight is 190 g/mol. The van der Waals surface area contributed by atoms with Crippen molar-refractivity contribution in [2.24, 2.45) is 0 Å². The highest BCUT2D eigenvalue weighted by Crippen LogP contribution is 2.18. The van der Waals surface area contributed by atoms with Crippen LogP contribution in [0.3, 0.4) is 0 Å². The summed E-state index contributed by atoms with van der Waals surface area (Å²) in [6.07, 6.45) is 5.47. The Morgan fingerprint density at radius 1 is 1.14 bits per heavy atom. The minimum absolute atomic E-state index is 0.263. The molecule has 70 valence electrons. The summed E-state index contributed by atoms with van der Waals surface area (Å²) in [4.78, 5) is 11.4. The van der Waals surface area contributed by atoms with Crippen LogP contribution in [-0.2, 0) is 0 Å². The molecule has 0 aliphatic heterocycles. The molecule has 2 N–H and O–H groups in total. The van der Waals surface area contributed by atoms with E-state index in [2.05, 4.69) is 15.0 Å². The van der Waals surface area contributed by atoms with Crippen molar-refractivity contribution in [1.82, 2.24) is 15.0 Å². The highest BCUT2D eigenvalue weighted by molar-refractivity contribution is 5.59. The predicted molar refractivity (Wildman–Crippen MR) is 49.6 cm³/mol. The van der Waals surface area contributed by atoms with Crippen LogP contribution < -0.4 is 5.73 Å². The summed E-state index contributed by atoms with van der Waals surface area (Å²) in [6.45, 7) is 0. The molecule has 0 saturated carbocycles. The molecule has 0 fully saturated rings. The van der Waals surface area contributed by atoms with Crippen LogP contribution in [0.2, 0.25) is 0 Å². The predicted octanol–water partition coefficient (Wildman–Crippen LogP) is 1.26. The zero-order valence-electron chi connectivity index (χ0n) is 7.18. The third kappa shape index (κ3) is 1.52. The number of nitrogens with two attached hydrogens (primary N) is 1. The average Bonchev–Trinajstić information content (AvgIpc) is 2.18. The van der Waals surface area contributed by atoms with E-state index >= 15 is 0 Å². The van der Waals surface area contributed by atoms with Crippen LogP contribution in [0.5, 0.6) is 0 Å². The number of pyridine rings is 1. The number of rotatable bonds is 1. The molecule has 0 saturated heterocycles. The molecule has 0 bridgehead atoms. The number of halogens is 1. The first-order valence-corrected chi connectivity index (χ1v) is 3.95. The molecule has 0 radical (unpaired) electrons. The van der Waals surface area contributed by atoms with Gasteiger partial charge in [0, 0.05) is 11.8 Å². The second-order valence-electron chi connectivity index (χ2n) is 2.68. The molecule has 2 aromatic heterocycles. The summed E-state index contributed by atoms with van der Waals surface area (Å²) in [6, 6.07) is 1.53. The lowest BCUT2D eigenvalue weighted by atomic mass is 10.2. The van der Waals surface area contributed by atoms with E-state index < -0.39 is 5.82 Å². The van der Waals surface area contributed by atoms with E-state index in [0.717, 1.165) is 6.20 Å². The Morgan fingerprint density at radius 3 is 2.71 bits per heavy atom. The fraction of sp³-hybridized carbons (Fsp3) is 0. The summed E-state index contributed by atoms with van der Waals surface area (Å²) in [7, 11) is 0. The van der Waals surface area contributed by atoms with Crippen molar-refractivity contribution < 1.29 is 4.39 Å². The number of anilines is 1. The van der Waals surface area contributed by atoms with Crippen molar-refractivity contribution in [3.63, 3.8) is 0 Å². The van der Waals surface area contributed by atoms with Gasteiger partial charge in [0.05, 0.1) is 24.3 Å². The number of hydrogen-bond donors (Lipinski definition) is 1. The summed E-state index contributed by atoms with van der Waals surface area (Å²) >= 11 is 0. The Hall–Kier alpha value is -2.04. The first-order valence-electron chi connectivity index (χ1n) is 3.95. The molecule has 2 heterocycles. The smallest absolute Gasteiger partial charge is 0.150 e. The van der Waals surface area contributed by atoms with E-state index in [1.807, 2.05) is 0 Å². The molecule has 5 heteroatoms. The maximum Gasteiger partial charge on any atom is 0.150 e. The Kier molecular flexibility index (Phi) is 2.06. The van der Waals surface area contributed by atoms with Crippen molar-refractivity contribution in [2.75, 3.05) is 5.73 Å². The molecule has 2 rings (SSSR count). The lowest BCUT2D eigenvalue weighted by molar-refractivity contribution is 0.624. The first kappa shape index (κ1) is 8.55. The summed E-state index contributed by atoms with van der Waals surface area (Å²) in [5.41, 5.74) is 6.19. The highest BCUT2D eigenvalue weighted by Gasteiger charge is 2.05. The maximum atomic E-state index is 13.2. The van der Waals surface area contributed by atoms with Gasteiger partial charge >= 0.3 is 0 Å². The van der Waals surface area contributed by atoms with Crippen LogP contribution in [0.25, 0.3) is 11.3 Å². The molecule has 0 atom stereocenters. The third-order valence-corrected chi connectivity index (χ3v) is 1.70. The molecule has 2 aromatic rings. The maximum absolute atomic E-state index is 13.2. The van der Waals surface area contributed by atoms with Crippen LogP contribution in [0.4, 0.5) is 10.2 Å². The highest BCUT2D eigenvalue weighted by atomic mass is 19.1. The van der Waals surface area contributed by atoms with Gasteiger partial charge in [-0.25, -0.2) is 9.37 Å². The van der Waals surface area contributed by atoms with Gasteiger partial charge in [-0.05, 0) is 6.07 Å². The lowest BCUT2D eigenvalue weighted by Gasteiger charge is -2.01. The van der Waals surface area contributed by atoms with Gasteiger partial charge in [0.15, 0.2) is 5.82 Å². The van der Waals surface area contributed by atoms with Gasteiger partial charge in [-0.3, -0.25) is 9.97 Å². The van der Waals surface area contributed by atoms with E-state index in [9.17, 15) is 4.39 Å². The topological polar surface area (TPSA) is 64.7 Å². The second kappa shape index (κ2) is 3.37. The van der Waals surface area contributed by atoms with Crippen molar-refractivity contribution in [3.8, 4) is 11.3 Å². The van der Waals surface area contributed by atoms with Gasteiger partial charge in [-0.1, -0.05) is 0 Å². The Labute approximate surface area is 79.7 Å². The zero-order valence-corrected chi connectivity index (χ0v) is 7.18. The first-order chi connectivity index (χ1) is 6.77. The standard InChI is InChI=1S/C9H7FN4/c10-7-3-12-2-1-6(7)8-4-13-5-9(11)14-8/h1-5H,(H2,11,14). The second-order valence-corrected chi connectivity index (χ2v) is 2.68. The van der Waals surface area contributed by atoms with Gasteiger partial charge in [-0.15, -0.1) is 0 Å². The summed E-state index contributed by atoms with van der Waals surface area (Å²) < 4.78 is 13.2. The lowest BCUT2D eigenvalue weighted by Crippen LogP contribution is -1.95. The molecule has 0 amide bonds. The number of nitrogen functional groups attached to an aromatic ring is 1. The van der Waals surface area contributed by atoms with Crippen molar-refractivity contribution >= 4 is 5.82 Å². The van der Waals surface area contributed by atoms with Gasteiger partial charge in [0.1, 0.15) is 5.82 Å². The van der Waals surface area contributed by atoms with Crippen LogP contribution in [-0.4, -0.2) is 15.0 Å². The third-order valence-electron chi connectivity index (χ3n) is 1.70. The van der Waals surface area contributed by atoms with Crippen LogP contribution in [0.1, 0.15) is 0 Å². The van der Waals surface area contributed by atoms with E-state index in [4.69, 9.17) is 5.73 Å². The van der Waals surface area contributed by atoms with Crippen molar-refractivity contribution in [3.05, 3.63) is 36.7 Å². The Balaban J connectivity index is 2.55. The van der Waals surface area contributed by atoms with E-state index in [0.29, 0.717) is 11.3 Å². The molecule has 0 spiro atoms. The van der Waals surface area contributed by atoms with E-state index in [1.54, 1.807) is 0 Å². The van der Waals surface area contributed by atoms with Crippen molar-refractivity contribution in [2.45, 2.75) is 0 Å². The SMILES string of the molecule is Nc1cncc(-c2ccncc2F)n1. The van der Waals surface area contributed by atoms with Gasteiger partial charge in [0.2, 0.25) is 0 Å². The molecule has 0 unspecified atom stereocenters. The Bertz CT molecular complexity index is 458. The quantitative estimate of drug-likeness (QED) is 0.735. The minimum Gasteiger partial charge on any atom is -0.382 e. The van der Waals surface area contributed by atoms with Crippen molar-refractivity contribution in [1.29, 1.82) is 0 Å². The number of hydrogen-bond acceptors (Lipinski definition) is 4. The van der Waals surface area contributed by atoms with Gasteiger partial charge in [0.25, 0.3) is 0 Å². The molecule has 14 heavy (non-hydrogen) atoms. The van der Waals surface area contributed by atoms with Crippen LogP contribution >= 0.6 is 0 Å². The van der Waals surface area contributed by atoms with Gasteiger partial charge in [-0.2, -0.15) is 0 Å². The molecule has 0 aliphatic carbocycles. The molecule has 4 nitrogen and oxygen atoms in total. The fourth-order valence-corrected chi connectivity index (χ4v) is 1.09. The Morgan fingerprint density at radius 2 is 2.00 bits per heavy atom. The van der Waals surface area contributed by atoms with Crippen LogP contribution in [0, 0.1) is 5.82 Å². The molecule has 0 aliphatic rings. The zero-order chi connectivity index (χ0) is 9.97. The fourth-order valence-electron chi connectivity index (χ4n) is 1.09. The number of nitrogens with zero attached hydrogens (tertiary/aromatic N) is 3. The largest absolute Gasteiger partial charge is 0.382 e. The number of aromatic nitrogens is 3. The van der Waals surface area contributed by atoms with Gasteiger partial charge < -0.3 is 5.73 Å². The normalized spacial score (nSPS) is 10.1. The van der Waals surface area contributed by atoms with E-state index in [-0.39, 0.29) is 5.82 Å².